The molecule has 2 rings (SSSR count). The molecule has 4 nitrogen and oxygen atoms in total. The molecule has 0 aliphatic carbocycles. The maximum atomic E-state index is 5.38. The van der Waals surface area contributed by atoms with Crippen LogP contribution in [0.3, 0.4) is 0 Å². The average Bonchev–Trinajstić information content (AvgIpc) is 2.90. The van der Waals surface area contributed by atoms with E-state index >= 15 is 0 Å². The van der Waals surface area contributed by atoms with Crippen LogP contribution >= 0.6 is 0 Å². The fourth-order valence-electron chi connectivity index (χ4n) is 1.94. The van der Waals surface area contributed by atoms with Crippen LogP contribution in [0, 0.1) is 6.92 Å². The van der Waals surface area contributed by atoms with Gasteiger partial charge in [-0.15, -0.1) is 0 Å². The van der Waals surface area contributed by atoms with Gasteiger partial charge in [-0.25, -0.2) is 0 Å². The first-order chi connectivity index (χ1) is 8.22. The standard InChI is InChI=1S/C13H19N3O/c1-4-7-14-13(11-6-9-17-10(11)2)12-5-8-16(3)15-12/h5-6,8-9,13-14H,4,7H2,1-3H3. The van der Waals surface area contributed by atoms with E-state index in [1.807, 2.05) is 37.0 Å². The van der Waals surface area contributed by atoms with Gasteiger partial charge in [0.05, 0.1) is 18.0 Å². The third kappa shape index (κ3) is 2.58. The number of furan rings is 1. The highest BCUT2D eigenvalue weighted by Crippen LogP contribution is 2.24. The van der Waals surface area contributed by atoms with Crippen molar-refractivity contribution in [1.29, 1.82) is 0 Å². The highest BCUT2D eigenvalue weighted by molar-refractivity contribution is 5.28. The molecule has 0 saturated heterocycles. The largest absolute Gasteiger partial charge is 0.469 e. The van der Waals surface area contributed by atoms with E-state index in [9.17, 15) is 0 Å². The number of rotatable bonds is 5. The number of aromatic nitrogens is 2. The molecule has 0 bridgehead atoms. The van der Waals surface area contributed by atoms with Crippen LogP contribution in [0.25, 0.3) is 0 Å². The highest BCUT2D eigenvalue weighted by Gasteiger charge is 2.19. The van der Waals surface area contributed by atoms with Crippen molar-refractivity contribution in [1.82, 2.24) is 15.1 Å². The lowest BCUT2D eigenvalue weighted by atomic mass is 10.0. The molecule has 0 aliphatic rings. The Kier molecular flexibility index (Phi) is 3.64. The summed E-state index contributed by atoms with van der Waals surface area (Å²) >= 11 is 0. The normalized spacial score (nSPS) is 12.9. The minimum absolute atomic E-state index is 0.120. The summed E-state index contributed by atoms with van der Waals surface area (Å²) in [6.45, 7) is 5.11. The van der Waals surface area contributed by atoms with Crippen LogP contribution in [0.5, 0.6) is 0 Å². The maximum Gasteiger partial charge on any atom is 0.105 e. The fourth-order valence-corrected chi connectivity index (χ4v) is 1.94. The average molecular weight is 233 g/mol. The molecule has 0 fully saturated rings. The van der Waals surface area contributed by atoms with E-state index in [1.54, 1.807) is 6.26 Å². The van der Waals surface area contributed by atoms with Gasteiger partial charge in [-0.1, -0.05) is 6.92 Å². The molecule has 1 atom stereocenters. The van der Waals surface area contributed by atoms with Crippen LogP contribution in [0.4, 0.5) is 0 Å². The summed E-state index contributed by atoms with van der Waals surface area (Å²) in [4.78, 5) is 0. The maximum absolute atomic E-state index is 5.38. The smallest absolute Gasteiger partial charge is 0.105 e. The first kappa shape index (κ1) is 11.9. The van der Waals surface area contributed by atoms with E-state index in [0.717, 1.165) is 30.0 Å². The zero-order chi connectivity index (χ0) is 12.3. The van der Waals surface area contributed by atoms with Crippen LogP contribution < -0.4 is 5.32 Å². The summed E-state index contributed by atoms with van der Waals surface area (Å²) < 4.78 is 7.20. The van der Waals surface area contributed by atoms with E-state index in [4.69, 9.17) is 4.42 Å². The van der Waals surface area contributed by atoms with Crippen LogP contribution in [-0.4, -0.2) is 16.3 Å². The summed E-state index contributed by atoms with van der Waals surface area (Å²) in [6.07, 6.45) is 4.79. The van der Waals surface area contributed by atoms with Gasteiger partial charge < -0.3 is 9.73 Å². The molecule has 0 saturated carbocycles. The molecule has 0 aliphatic heterocycles. The lowest BCUT2D eigenvalue weighted by Gasteiger charge is -2.15. The Balaban J connectivity index is 2.28. The van der Waals surface area contributed by atoms with Crippen LogP contribution in [0.1, 0.15) is 36.4 Å². The van der Waals surface area contributed by atoms with Crippen LogP contribution in [0.15, 0.2) is 29.0 Å². The molecule has 2 aromatic heterocycles. The Hall–Kier alpha value is -1.55. The van der Waals surface area contributed by atoms with Gasteiger partial charge in [-0.3, -0.25) is 4.68 Å². The minimum Gasteiger partial charge on any atom is -0.469 e. The van der Waals surface area contributed by atoms with Crippen molar-refractivity contribution < 1.29 is 4.42 Å². The van der Waals surface area contributed by atoms with Crippen molar-refractivity contribution in [2.75, 3.05) is 6.54 Å². The molecule has 0 amide bonds. The lowest BCUT2D eigenvalue weighted by molar-refractivity contribution is 0.513. The van der Waals surface area contributed by atoms with E-state index in [-0.39, 0.29) is 6.04 Å². The van der Waals surface area contributed by atoms with Gasteiger partial charge >= 0.3 is 0 Å². The van der Waals surface area contributed by atoms with E-state index in [2.05, 4.69) is 17.3 Å². The monoisotopic (exact) mass is 233 g/mol. The van der Waals surface area contributed by atoms with E-state index in [1.165, 1.54) is 0 Å². The van der Waals surface area contributed by atoms with Gasteiger partial charge in [0.15, 0.2) is 0 Å². The van der Waals surface area contributed by atoms with Gasteiger partial charge in [0, 0.05) is 18.8 Å². The van der Waals surface area contributed by atoms with Crippen molar-refractivity contribution in [3.63, 3.8) is 0 Å². The predicted molar refractivity (Wildman–Crippen MR) is 66.8 cm³/mol. The zero-order valence-corrected chi connectivity index (χ0v) is 10.6. The molecule has 2 heterocycles. The van der Waals surface area contributed by atoms with E-state index < -0.39 is 0 Å². The van der Waals surface area contributed by atoms with Gasteiger partial charge in [-0.2, -0.15) is 5.10 Å². The van der Waals surface area contributed by atoms with Gasteiger partial charge in [-0.05, 0) is 32.0 Å². The van der Waals surface area contributed by atoms with Crippen molar-refractivity contribution >= 4 is 0 Å². The van der Waals surface area contributed by atoms with Gasteiger partial charge in [0.25, 0.3) is 0 Å². The number of nitrogens with zero attached hydrogens (tertiary/aromatic N) is 2. The topological polar surface area (TPSA) is 43.0 Å². The third-order valence-electron chi connectivity index (χ3n) is 2.84. The van der Waals surface area contributed by atoms with Crippen LogP contribution in [0.2, 0.25) is 0 Å². The molecule has 1 N–H and O–H groups in total. The van der Waals surface area contributed by atoms with Gasteiger partial charge in [0.2, 0.25) is 0 Å². The second kappa shape index (κ2) is 5.19. The Labute approximate surface area is 102 Å². The van der Waals surface area contributed by atoms with Gasteiger partial charge in [0.1, 0.15) is 5.76 Å². The van der Waals surface area contributed by atoms with E-state index in [0.29, 0.717) is 0 Å². The second-order valence-electron chi connectivity index (χ2n) is 4.23. The quantitative estimate of drug-likeness (QED) is 0.862. The molecular formula is C13H19N3O. The zero-order valence-electron chi connectivity index (χ0n) is 10.6. The van der Waals surface area contributed by atoms with Crippen molar-refractivity contribution in [2.24, 2.45) is 7.05 Å². The lowest BCUT2D eigenvalue weighted by Crippen LogP contribution is -2.24. The molecule has 0 spiro atoms. The SMILES string of the molecule is CCCNC(c1ccn(C)n1)c1ccoc1C. The summed E-state index contributed by atoms with van der Waals surface area (Å²) in [7, 11) is 1.93. The molecule has 4 heteroatoms. The van der Waals surface area contributed by atoms with Crippen LogP contribution in [-0.2, 0) is 7.05 Å². The Morgan fingerprint density at radius 2 is 2.29 bits per heavy atom. The third-order valence-corrected chi connectivity index (χ3v) is 2.84. The summed E-state index contributed by atoms with van der Waals surface area (Å²) in [5.41, 5.74) is 2.20. The minimum atomic E-state index is 0.120. The molecule has 0 aromatic carbocycles. The Morgan fingerprint density at radius 3 is 2.82 bits per heavy atom. The second-order valence-corrected chi connectivity index (χ2v) is 4.23. The number of aryl methyl sites for hydroxylation is 2. The fraction of sp³-hybridized carbons (Fsp3) is 0.462. The highest BCUT2D eigenvalue weighted by atomic mass is 16.3. The summed E-state index contributed by atoms with van der Waals surface area (Å²) in [5.74, 6) is 0.948. The van der Waals surface area contributed by atoms with Crippen molar-refractivity contribution in [3.8, 4) is 0 Å². The van der Waals surface area contributed by atoms with Crippen molar-refractivity contribution in [2.45, 2.75) is 26.3 Å². The molecule has 92 valence electrons. The molecule has 2 aromatic rings. The number of hydrogen-bond acceptors (Lipinski definition) is 3. The Morgan fingerprint density at radius 1 is 1.47 bits per heavy atom. The predicted octanol–water partition coefficient (Wildman–Crippen LogP) is 2.41. The Bertz CT molecular complexity index is 472. The molecule has 0 radical (unpaired) electrons. The first-order valence-electron chi connectivity index (χ1n) is 5.99. The van der Waals surface area contributed by atoms with Crippen molar-refractivity contribution in [3.05, 3.63) is 41.6 Å². The summed E-state index contributed by atoms with van der Waals surface area (Å²) in [6, 6.07) is 4.17. The summed E-state index contributed by atoms with van der Waals surface area (Å²) in [5, 5.41) is 7.98. The molecule has 1 unspecified atom stereocenters. The number of hydrogen-bond donors (Lipinski definition) is 1. The number of nitrogens with one attached hydrogen (secondary N) is 1. The molecular weight excluding hydrogens is 214 g/mol. The molecule has 17 heavy (non-hydrogen) atoms. The first-order valence-corrected chi connectivity index (χ1v) is 5.99.